The molecule has 0 radical (unpaired) electrons. The summed E-state index contributed by atoms with van der Waals surface area (Å²) in [6, 6.07) is 1.12. The molecule has 2 rings (SSSR count). The van der Waals surface area contributed by atoms with Gasteiger partial charge in [-0.25, -0.2) is 4.98 Å². The molecule has 2 unspecified atom stereocenters. The molecule has 1 aromatic heterocycles. The highest BCUT2D eigenvalue weighted by atomic mass is 35.5. The first-order valence-electron chi connectivity index (χ1n) is 6.15. The third-order valence-electron chi connectivity index (χ3n) is 3.33. The number of hydrogen-bond donors (Lipinski definition) is 1. The Bertz CT molecular complexity index is 537. The third-order valence-corrected chi connectivity index (χ3v) is 3.63. The number of nitrogens with one attached hydrogen (secondary N) is 1. The van der Waals surface area contributed by atoms with E-state index in [0.717, 1.165) is 31.5 Å². The molecule has 0 aliphatic heterocycles. The zero-order valence-electron chi connectivity index (χ0n) is 10.8. The van der Waals surface area contributed by atoms with Crippen LogP contribution in [0.5, 0.6) is 0 Å². The van der Waals surface area contributed by atoms with Crippen LogP contribution in [0.1, 0.15) is 29.6 Å². The van der Waals surface area contributed by atoms with Gasteiger partial charge in [-0.3, -0.25) is 14.9 Å². The second kappa shape index (κ2) is 6.15. The maximum atomic E-state index is 12.1. The van der Waals surface area contributed by atoms with Crippen LogP contribution >= 0.6 is 11.6 Å². The van der Waals surface area contributed by atoms with Crippen LogP contribution in [0.15, 0.2) is 12.3 Å². The molecule has 0 saturated heterocycles. The zero-order valence-corrected chi connectivity index (χ0v) is 11.6. The number of pyridine rings is 1. The molecule has 0 bridgehead atoms. The lowest BCUT2D eigenvalue weighted by atomic mass is 10.2. The summed E-state index contributed by atoms with van der Waals surface area (Å²) in [6.07, 6.45) is 3.57. The van der Waals surface area contributed by atoms with Crippen molar-refractivity contribution >= 4 is 23.2 Å². The Morgan fingerprint density at radius 2 is 2.35 bits per heavy atom. The fourth-order valence-electron chi connectivity index (χ4n) is 2.24. The second-order valence-corrected chi connectivity index (χ2v) is 4.99. The van der Waals surface area contributed by atoms with Crippen LogP contribution in [0, 0.1) is 10.1 Å². The molecule has 8 heteroatoms. The van der Waals surface area contributed by atoms with Gasteiger partial charge < -0.3 is 10.1 Å². The third kappa shape index (κ3) is 3.23. The summed E-state index contributed by atoms with van der Waals surface area (Å²) in [6.45, 7) is 0. The molecule has 0 aromatic carbocycles. The molecule has 1 N–H and O–H groups in total. The predicted octanol–water partition coefficient (Wildman–Crippen LogP) is 1.94. The van der Waals surface area contributed by atoms with Crippen molar-refractivity contribution in [3.63, 3.8) is 0 Å². The maximum absolute atomic E-state index is 12.1. The van der Waals surface area contributed by atoms with E-state index >= 15 is 0 Å². The number of ether oxygens (including phenoxy) is 1. The van der Waals surface area contributed by atoms with Crippen molar-refractivity contribution < 1.29 is 14.5 Å². The fraction of sp³-hybridized carbons (Fsp3) is 0.500. The van der Waals surface area contributed by atoms with E-state index in [2.05, 4.69) is 10.3 Å². The number of nitro groups is 1. The van der Waals surface area contributed by atoms with Gasteiger partial charge in [0.2, 0.25) is 0 Å². The molecular formula is C12H14ClN3O4. The molecule has 1 amide bonds. The second-order valence-electron chi connectivity index (χ2n) is 4.63. The molecule has 1 aliphatic carbocycles. The lowest BCUT2D eigenvalue weighted by molar-refractivity contribution is -0.385. The Labute approximate surface area is 120 Å². The van der Waals surface area contributed by atoms with E-state index in [1.807, 2.05) is 0 Å². The van der Waals surface area contributed by atoms with Gasteiger partial charge in [-0.2, -0.15) is 0 Å². The fourth-order valence-corrected chi connectivity index (χ4v) is 2.43. The molecule has 1 fully saturated rings. The van der Waals surface area contributed by atoms with Gasteiger partial charge in [0.25, 0.3) is 11.6 Å². The highest BCUT2D eigenvalue weighted by Gasteiger charge is 2.27. The Morgan fingerprint density at radius 1 is 1.60 bits per heavy atom. The van der Waals surface area contributed by atoms with Gasteiger partial charge in [0.1, 0.15) is 11.3 Å². The summed E-state index contributed by atoms with van der Waals surface area (Å²) in [4.78, 5) is 25.8. The Morgan fingerprint density at radius 3 is 2.95 bits per heavy atom. The van der Waals surface area contributed by atoms with Crippen LogP contribution < -0.4 is 5.32 Å². The Hall–Kier alpha value is -1.73. The van der Waals surface area contributed by atoms with E-state index in [-0.39, 0.29) is 28.5 Å². The van der Waals surface area contributed by atoms with Crippen LogP contribution in [0.2, 0.25) is 5.15 Å². The van der Waals surface area contributed by atoms with Crippen molar-refractivity contribution in [2.24, 2.45) is 0 Å². The standard InChI is InChI=1S/C12H14ClN3O4/c1-20-9-3-2-7(4-9)15-12(17)10-5-8(16(18)19)6-14-11(10)13/h5-7,9H,2-4H2,1H3,(H,15,17). The Balaban J connectivity index is 2.09. The number of nitrogens with zero attached hydrogens (tertiary/aromatic N) is 2. The Kier molecular flexibility index (Phi) is 4.51. The minimum Gasteiger partial charge on any atom is -0.381 e. The first kappa shape index (κ1) is 14.7. The first-order valence-corrected chi connectivity index (χ1v) is 6.52. The van der Waals surface area contributed by atoms with E-state index in [0.29, 0.717) is 0 Å². The van der Waals surface area contributed by atoms with Crippen molar-refractivity contribution in [1.82, 2.24) is 10.3 Å². The molecule has 1 saturated carbocycles. The lowest BCUT2D eigenvalue weighted by Gasteiger charge is -2.13. The largest absolute Gasteiger partial charge is 0.381 e. The number of carbonyl (C=O) groups excluding carboxylic acids is 1. The number of carbonyl (C=O) groups is 1. The van der Waals surface area contributed by atoms with Crippen molar-refractivity contribution in [2.75, 3.05) is 7.11 Å². The SMILES string of the molecule is COC1CCC(NC(=O)c2cc([N+](=O)[O-])cnc2Cl)C1. The summed E-state index contributed by atoms with van der Waals surface area (Å²) in [5.74, 6) is -0.451. The summed E-state index contributed by atoms with van der Waals surface area (Å²) in [5.41, 5.74) is -0.248. The van der Waals surface area contributed by atoms with E-state index in [4.69, 9.17) is 16.3 Å². The number of halogens is 1. The topological polar surface area (TPSA) is 94.4 Å². The van der Waals surface area contributed by atoms with Crippen LogP contribution in [-0.2, 0) is 4.74 Å². The van der Waals surface area contributed by atoms with Crippen LogP contribution in [0.25, 0.3) is 0 Å². The van der Waals surface area contributed by atoms with Gasteiger partial charge >= 0.3 is 0 Å². The number of methoxy groups -OCH3 is 1. The molecule has 2 atom stereocenters. The van der Waals surface area contributed by atoms with E-state index in [1.165, 1.54) is 0 Å². The molecule has 1 heterocycles. The summed E-state index contributed by atoms with van der Waals surface area (Å²) >= 11 is 5.82. The highest BCUT2D eigenvalue weighted by Crippen LogP contribution is 2.23. The smallest absolute Gasteiger partial charge is 0.288 e. The summed E-state index contributed by atoms with van der Waals surface area (Å²) in [7, 11) is 1.64. The van der Waals surface area contributed by atoms with Gasteiger partial charge in [0, 0.05) is 19.2 Å². The normalized spacial score (nSPS) is 21.7. The van der Waals surface area contributed by atoms with Gasteiger partial charge in [-0.05, 0) is 19.3 Å². The molecular weight excluding hydrogens is 286 g/mol. The minimum atomic E-state index is -0.614. The molecule has 1 aliphatic rings. The average molecular weight is 300 g/mol. The number of amides is 1. The number of rotatable bonds is 4. The molecule has 108 valence electrons. The maximum Gasteiger partial charge on any atom is 0.288 e. The molecule has 7 nitrogen and oxygen atoms in total. The van der Waals surface area contributed by atoms with Gasteiger partial charge in [0.15, 0.2) is 0 Å². The lowest BCUT2D eigenvalue weighted by Crippen LogP contribution is -2.33. The van der Waals surface area contributed by atoms with Crippen molar-refractivity contribution in [3.05, 3.63) is 33.1 Å². The average Bonchev–Trinajstić information content (AvgIpc) is 2.86. The molecule has 1 aromatic rings. The number of hydrogen-bond acceptors (Lipinski definition) is 5. The zero-order chi connectivity index (χ0) is 14.7. The number of aromatic nitrogens is 1. The quantitative estimate of drug-likeness (QED) is 0.521. The summed E-state index contributed by atoms with van der Waals surface area (Å²) < 4.78 is 5.22. The van der Waals surface area contributed by atoms with E-state index in [9.17, 15) is 14.9 Å². The van der Waals surface area contributed by atoms with Crippen molar-refractivity contribution in [2.45, 2.75) is 31.4 Å². The van der Waals surface area contributed by atoms with Crippen LogP contribution in [0.3, 0.4) is 0 Å². The van der Waals surface area contributed by atoms with Gasteiger partial charge in [-0.15, -0.1) is 0 Å². The predicted molar refractivity (Wildman–Crippen MR) is 71.8 cm³/mol. The molecule has 20 heavy (non-hydrogen) atoms. The highest BCUT2D eigenvalue weighted by molar-refractivity contribution is 6.32. The van der Waals surface area contributed by atoms with Crippen molar-refractivity contribution in [1.29, 1.82) is 0 Å². The molecule has 0 spiro atoms. The van der Waals surface area contributed by atoms with Crippen LogP contribution in [-0.4, -0.2) is 35.1 Å². The van der Waals surface area contributed by atoms with Gasteiger partial charge in [0.05, 0.1) is 16.6 Å². The van der Waals surface area contributed by atoms with Gasteiger partial charge in [-0.1, -0.05) is 11.6 Å². The van der Waals surface area contributed by atoms with E-state index in [1.54, 1.807) is 7.11 Å². The minimum absolute atomic E-state index is 0.0113. The van der Waals surface area contributed by atoms with Crippen LogP contribution in [0.4, 0.5) is 5.69 Å². The van der Waals surface area contributed by atoms with E-state index < -0.39 is 10.8 Å². The first-order chi connectivity index (χ1) is 9.51. The monoisotopic (exact) mass is 299 g/mol. The van der Waals surface area contributed by atoms with Crippen molar-refractivity contribution in [3.8, 4) is 0 Å². The summed E-state index contributed by atoms with van der Waals surface area (Å²) in [5, 5.41) is 13.4.